The molecule has 1 rings (SSSR count). The van der Waals surface area contributed by atoms with E-state index in [0.29, 0.717) is 0 Å². The highest BCUT2D eigenvalue weighted by Crippen LogP contribution is 2.18. The van der Waals surface area contributed by atoms with E-state index in [-0.39, 0.29) is 11.8 Å². The lowest BCUT2D eigenvalue weighted by molar-refractivity contribution is -0.0764. The SMILES string of the molecule is CC(C)(C)N1CNCCC1O. The van der Waals surface area contributed by atoms with Crippen LogP contribution in [0.2, 0.25) is 0 Å². The normalized spacial score (nSPS) is 28.9. The first-order valence-electron chi connectivity index (χ1n) is 4.17. The molecule has 0 aromatic heterocycles. The van der Waals surface area contributed by atoms with Gasteiger partial charge in [0.1, 0.15) is 6.23 Å². The van der Waals surface area contributed by atoms with Gasteiger partial charge in [-0.05, 0) is 27.2 Å². The van der Waals surface area contributed by atoms with E-state index in [2.05, 4.69) is 31.0 Å². The van der Waals surface area contributed by atoms with Crippen LogP contribution >= 0.6 is 0 Å². The number of hydrogen-bond donors (Lipinski definition) is 2. The van der Waals surface area contributed by atoms with Gasteiger partial charge in [0.05, 0.1) is 6.67 Å². The molecule has 1 saturated heterocycles. The smallest absolute Gasteiger partial charge is 0.110 e. The van der Waals surface area contributed by atoms with Crippen LogP contribution in [0.25, 0.3) is 0 Å². The molecule has 0 amide bonds. The molecule has 3 nitrogen and oxygen atoms in total. The van der Waals surface area contributed by atoms with Gasteiger partial charge in [0.15, 0.2) is 0 Å². The molecule has 1 aliphatic rings. The summed E-state index contributed by atoms with van der Waals surface area (Å²) in [6.07, 6.45) is 0.563. The van der Waals surface area contributed by atoms with Crippen LogP contribution in [-0.2, 0) is 0 Å². The summed E-state index contributed by atoms with van der Waals surface area (Å²) in [5.41, 5.74) is 0.0623. The maximum absolute atomic E-state index is 9.59. The highest BCUT2D eigenvalue weighted by molar-refractivity contribution is 4.80. The van der Waals surface area contributed by atoms with Gasteiger partial charge in [0.2, 0.25) is 0 Å². The Morgan fingerprint density at radius 3 is 2.45 bits per heavy atom. The van der Waals surface area contributed by atoms with Crippen molar-refractivity contribution in [1.29, 1.82) is 0 Å². The van der Waals surface area contributed by atoms with Gasteiger partial charge >= 0.3 is 0 Å². The highest BCUT2D eigenvalue weighted by atomic mass is 16.3. The first-order chi connectivity index (χ1) is 5.02. The lowest BCUT2D eigenvalue weighted by Crippen LogP contribution is -2.56. The molecule has 1 unspecified atom stereocenters. The number of aliphatic hydroxyl groups excluding tert-OH is 1. The number of aliphatic hydroxyl groups is 1. The Labute approximate surface area is 68.4 Å². The van der Waals surface area contributed by atoms with Gasteiger partial charge in [0, 0.05) is 12.1 Å². The third kappa shape index (κ3) is 2.15. The lowest BCUT2D eigenvalue weighted by atomic mass is 10.0. The third-order valence-corrected chi connectivity index (χ3v) is 2.08. The summed E-state index contributed by atoms with van der Waals surface area (Å²) in [6.45, 7) is 8.06. The van der Waals surface area contributed by atoms with E-state index >= 15 is 0 Å². The van der Waals surface area contributed by atoms with Gasteiger partial charge in [-0.2, -0.15) is 0 Å². The Balaban J connectivity index is 2.55. The second kappa shape index (κ2) is 3.09. The van der Waals surface area contributed by atoms with Crippen LogP contribution in [0.3, 0.4) is 0 Å². The Kier molecular flexibility index (Phi) is 2.52. The summed E-state index contributed by atoms with van der Waals surface area (Å²) in [4.78, 5) is 2.07. The predicted octanol–water partition coefficient (Wildman–Crippen LogP) is 0.356. The van der Waals surface area contributed by atoms with Crippen molar-refractivity contribution in [2.75, 3.05) is 13.2 Å². The average molecular weight is 158 g/mol. The molecule has 0 aliphatic carbocycles. The van der Waals surface area contributed by atoms with Gasteiger partial charge < -0.3 is 10.4 Å². The van der Waals surface area contributed by atoms with E-state index in [1.165, 1.54) is 0 Å². The summed E-state index contributed by atoms with van der Waals surface area (Å²) < 4.78 is 0. The standard InChI is InChI=1S/C8H18N2O/c1-8(2,3)10-6-9-5-4-7(10)11/h7,9,11H,4-6H2,1-3H3. The lowest BCUT2D eigenvalue weighted by Gasteiger charge is -2.42. The van der Waals surface area contributed by atoms with Crippen molar-refractivity contribution in [1.82, 2.24) is 10.2 Å². The van der Waals surface area contributed by atoms with Crippen LogP contribution in [0.1, 0.15) is 27.2 Å². The number of nitrogens with one attached hydrogen (secondary N) is 1. The topological polar surface area (TPSA) is 35.5 Å². The maximum atomic E-state index is 9.59. The Morgan fingerprint density at radius 2 is 2.09 bits per heavy atom. The van der Waals surface area contributed by atoms with Crippen LogP contribution in [0, 0.1) is 0 Å². The molecule has 66 valence electrons. The van der Waals surface area contributed by atoms with Crippen molar-refractivity contribution in [3.05, 3.63) is 0 Å². The molecule has 3 heteroatoms. The van der Waals surface area contributed by atoms with Gasteiger partial charge in [0.25, 0.3) is 0 Å². The van der Waals surface area contributed by atoms with Gasteiger partial charge in [-0.1, -0.05) is 0 Å². The van der Waals surface area contributed by atoms with Crippen molar-refractivity contribution >= 4 is 0 Å². The van der Waals surface area contributed by atoms with Crippen LogP contribution in [0.5, 0.6) is 0 Å². The summed E-state index contributed by atoms with van der Waals surface area (Å²) in [5.74, 6) is 0. The molecule has 0 aromatic carbocycles. The van der Waals surface area contributed by atoms with E-state index in [0.717, 1.165) is 19.6 Å². The monoisotopic (exact) mass is 158 g/mol. The molecule has 2 N–H and O–H groups in total. The van der Waals surface area contributed by atoms with Crippen LogP contribution in [0.4, 0.5) is 0 Å². The van der Waals surface area contributed by atoms with Gasteiger partial charge in [-0.3, -0.25) is 4.90 Å². The van der Waals surface area contributed by atoms with E-state index in [1.54, 1.807) is 0 Å². The zero-order valence-electron chi connectivity index (χ0n) is 7.59. The minimum absolute atomic E-state index is 0.0623. The Hall–Kier alpha value is -0.120. The first-order valence-corrected chi connectivity index (χ1v) is 4.17. The molecule has 1 atom stereocenters. The summed E-state index contributed by atoms with van der Waals surface area (Å²) >= 11 is 0. The van der Waals surface area contributed by atoms with E-state index in [1.807, 2.05) is 0 Å². The van der Waals surface area contributed by atoms with Crippen molar-refractivity contribution < 1.29 is 5.11 Å². The minimum Gasteiger partial charge on any atom is -0.378 e. The van der Waals surface area contributed by atoms with Crippen molar-refractivity contribution in [3.63, 3.8) is 0 Å². The summed E-state index contributed by atoms with van der Waals surface area (Å²) in [5, 5.41) is 12.8. The highest BCUT2D eigenvalue weighted by Gasteiger charge is 2.29. The van der Waals surface area contributed by atoms with Crippen LogP contribution in [-0.4, -0.2) is 35.0 Å². The molecule has 0 radical (unpaired) electrons. The maximum Gasteiger partial charge on any atom is 0.110 e. The predicted molar refractivity (Wildman–Crippen MR) is 45.1 cm³/mol. The minimum atomic E-state index is -0.267. The van der Waals surface area contributed by atoms with E-state index < -0.39 is 0 Å². The summed E-state index contributed by atoms with van der Waals surface area (Å²) in [6, 6.07) is 0. The molecular formula is C8H18N2O. The quantitative estimate of drug-likeness (QED) is 0.534. The Morgan fingerprint density at radius 1 is 1.45 bits per heavy atom. The number of rotatable bonds is 0. The molecule has 0 aromatic rings. The fourth-order valence-electron chi connectivity index (χ4n) is 1.38. The van der Waals surface area contributed by atoms with Crippen molar-refractivity contribution in [2.24, 2.45) is 0 Å². The van der Waals surface area contributed by atoms with Gasteiger partial charge in [-0.25, -0.2) is 0 Å². The molecular weight excluding hydrogens is 140 g/mol. The van der Waals surface area contributed by atoms with E-state index in [9.17, 15) is 5.11 Å². The zero-order chi connectivity index (χ0) is 8.48. The second-order valence-corrected chi connectivity index (χ2v) is 4.07. The fraction of sp³-hybridized carbons (Fsp3) is 1.00. The molecule has 1 aliphatic heterocycles. The number of nitrogens with zero attached hydrogens (tertiary/aromatic N) is 1. The molecule has 11 heavy (non-hydrogen) atoms. The number of hydrogen-bond acceptors (Lipinski definition) is 3. The first kappa shape index (κ1) is 8.97. The third-order valence-electron chi connectivity index (χ3n) is 2.08. The average Bonchev–Trinajstić information content (AvgIpc) is 1.86. The fourth-order valence-corrected chi connectivity index (χ4v) is 1.38. The molecule has 0 saturated carbocycles. The van der Waals surface area contributed by atoms with Crippen molar-refractivity contribution in [3.8, 4) is 0 Å². The summed E-state index contributed by atoms with van der Waals surface area (Å²) in [7, 11) is 0. The second-order valence-electron chi connectivity index (χ2n) is 4.07. The van der Waals surface area contributed by atoms with Gasteiger partial charge in [-0.15, -0.1) is 0 Å². The zero-order valence-corrected chi connectivity index (χ0v) is 7.59. The van der Waals surface area contributed by atoms with Crippen LogP contribution < -0.4 is 5.32 Å². The largest absolute Gasteiger partial charge is 0.378 e. The van der Waals surface area contributed by atoms with E-state index in [4.69, 9.17) is 0 Å². The Bertz CT molecular complexity index is 131. The van der Waals surface area contributed by atoms with Crippen molar-refractivity contribution in [2.45, 2.75) is 39.0 Å². The molecule has 0 bridgehead atoms. The molecule has 0 spiro atoms. The van der Waals surface area contributed by atoms with Crippen LogP contribution in [0.15, 0.2) is 0 Å². The molecule has 1 heterocycles. The molecule has 1 fully saturated rings.